The minimum absolute atomic E-state index is 0.0421. The molecule has 116 valence electrons. The molecule has 1 aliphatic heterocycles. The Balaban J connectivity index is 1.82. The Bertz CT molecular complexity index is 629. The van der Waals surface area contributed by atoms with E-state index in [1.807, 2.05) is 24.3 Å². The lowest BCUT2D eigenvalue weighted by atomic mass is 9.88. The predicted octanol–water partition coefficient (Wildman–Crippen LogP) is 3.16. The van der Waals surface area contributed by atoms with Crippen LogP contribution >= 0.6 is 0 Å². The average molecular weight is 300 g/mol. The van der Waals surface area contributed by atoms with Crippen LogP contribution in [-0.4, -0.2) is 26.2 Å². The van der Waals surface area contributed by atoms with Crippen LogP contribution in [-0.2, 0) is 0 Å². The van der Waals surface area contributed by atoms with E-state index in [4.69, 9.17) is 10.5 Å². The number of hydrogen-bond donors (Lipinski definition) is 1. The highest BCUT2D eigenvalue weighted by Crippen LogP contribution is 2.31. The quantitative estimate of drug-likeness (QED) is 0.946. The van der Waals surface area contributed by atoms with Crippen molar-refractivity contribution in [3.63, 3.8) is 0 Å². The van der Waals surface area contributed by atoms with Crippen LogP contribution in [0.15, 0.2) is 48.5 Å². The van der Waals surface area contributed by atoms with Gasteiger partial charge < -0.3 is 15.4 Å². The summed E-state index contributed by atoms with van der Waals surface area (Å²) in [4.78, 5) is 2.05. The number of hydrogen-bond acceptors (Lipinski definition) is 3. The summed E-state index contributed by atoms with van der Waals surface area (Å²) in [5.74, 6) is 0.953. The molecule has 1 saturated heterocycles. The molecule has 4 heteroatoms. The molecule has 0 amide bonds. The molecule has 1 fully saturated rings. The van der Waals surface area contributed by atoms with E-state index in [9.17, 15) is 4.39 Å². The summed E-state index contributed by atoms with van der Waals surface area (Å²) in [5, 5.41) is 0. The Morgan fingerprint density at radius 1 is 1.09 bits per heavy atom. The van der Waals surface area contributed by atoms with Crippen molar-refractivity contribution >= 4 is 5.69 Å². The number of para-hydroxylation sites is 1. The highest BCUT2D eigenvalue weighted by molar-refractivity contribution is 5.49. The van der Waals surface area contributed by atoms with Gasteiger partial charge in [-0.3, -0.25) is 0 Å². The first-order valence-corrected chi connectivity index (χ1v) is 7.56. The molecule has 0 aromatic heterocycles. The van der Waals surface area contributed by atoms with E-state index in [2.05, 4.69) is 17.0 Å². The molecule has 0 spiro atoms. The smallest absolute Gasteiger partial charge is 0.146 e. The second-order valence-corrected chi connectivity index (χ2v) is 5.82. The fraction of sp³-hybridized carbons (Fsp3) is 0.333. The van der Waals surface area contributed by atoms with E-state index in [1.54, 1.807) is 13.2 Å². The van der Waals surface area contributed by atoms with Gasteiger partial charge in [-0.2, -0.15) is 0 Å². The fourth-order valence-electron chi connectivity index (χ4n) is 3.16. The summed E-state index contributed by atoms with van der Waals surface area (Å²) in [6.45, 7) is 1.47. The monoisotopic (exact) mass is 300 g/mol. The van der Waals surface area contributed by atoms with Crippen molar-refractivity contribution in [2.24, 2.45) is 5.73 Å². The van der Waals surface area contributed by atoms with Crippen LogP contribution in [0, 0.1) is 5.82 Å². The molecule has 0 saturated carbocycles. The number of rotatable bonds is 3. The molecular formula is C18H21FN2O. The first-order valence-electron chi connectivity index (χ1n) is 7.56. The van der Waals surface area contributed by atoms with Crippen molar-refractivity contribution in [3.05, 3.63) is 59.9 Å². The maximum atomic E-state index is 14.0. The van der Waals surface area contributed by atoms with Crippen molar-refractivity contribution in [1.29, 1.82) is 0 Å². The zero-order valence-electron chi connectivity index (χ0n) is 12.7. The lowest BCUT2D eigenvalue weighted by molar-refractivity contribution is 0.413. The second-order valence-electron chi connectivity index (χ2n) is 5.82. The van der Waals surface area contributed by atoms with E-state index in [-0.39, 0.29) is 11.9 Å². The minimum Gasteiger partial charge on any atom is -0.497 e. The molecule has 22 heavy (non-hydrogen) atoms. The maximum absolute atomic E-state index is 14.0. The van der Waals surface area contributed by atoms with Crippen molar-refractivity contribution in [1.82, 2.24) is 0 Å². The van der Waals surface area contributed by atoms with Gasteiger partial charge in [-0.05, 0) is 36.2 Å². The van der Waals surface area contributed by atoms with Crippen molar-refractivity contribution in [3.8, 4) is 5.75 Å². The third kappa shape index (κ3) is 3.07. The molecule has 1 aliphatic rings. The van der Waals surface area contributed by atoms with Gasteiger partial charge in [0.25, 0.3) is 0 Å². The summed E-state index contributed by atoms with van der Waals surface area (Å²) in [7, 11) is 1.66. The molecule has 2 N–H and O–H groups in total. The Kier molecular flexibility index (Phi) is 4.29. The van der Waals surface area contributed by atoms with Crippen LogP contribution in [0.2, 0.25) is 0 Å². The SMILES string of the molecule is COc1ccc(C2CC(N)CN(c3ccccc3F)C2)cc1. The average Bonchev–Trinajstić information content (AvgIpc) is 2.55. The molecule has 0 bridgehead atoms. The molecule has 3 rings (SSSR count). The first kappa shape index (κ1) is 14.9. The van der Waals surface area contributed by atoms with Crippen LogP contribution in [0.25, 0.3) is 0 Å². The fourth-order valence-corrected chi connectivity index (χ4v) is 3.16. The van der Waals surface area contributed by atoms with Gasteiger partial charge in [0.05, 0.1) is 12.8 Å². The van der Waals surface area contributed by atoms with Crippen LogP contribution < -0.4 is 15.4 Å². The zero-order valence-corrected chi connectivity index (χ0v) is 12.7. The third-order valence-corrected chi connectivity index (χ3v) is 4.26. The highest BCUT2D eigenvalue weighted by Gasteiger charge is 2.27. The molecule has 2 aromatic rings. The van der Waals surface area contributed by atoms with Gasteiger partial charge in [-0.15, -0.1) is 0 Å². The first-order chi connectivity index (χ1) is 10.7. The number of benzene rings is 2. The summed E-state index contributed by atoms with van der Waals surface area (Å²) in [6, 6.07) is 15.0. The third-order valence-electron chi connectivity index (χ3n) is 4.26. The van der Waals surface area contributed by atoms with Crippen molar-refractivity contribution in [2.45, 2.75) is 18.4 Å². The Hall–Kier alpha value is -2.07. The van der Waals surface area contributed by atoms with Gasteiger partial charge in [-0.1, -0.05) is 24.3 Å². The van der Waals surface area contributed by atoms with E-state index >= 15 is 0 Å². The molecule has 2 atom stereocenters. The lowest BCUT2D eigenvalue weighted by Gasteiger charge is -2.38. The molecule has 0 aliphatic carbocycles. The Morgan fingerprint density at radius 3 is 2.50 bits per heavy atom. The van der Waals surface area contributed by atoms with E-state index < -0.39 is 0 Å². The maximum Gasteiger partial charge on any atom is 0.146 e. The van der Waals surface area contributed by atoms with Gasteiger partial charge in [0.2, 0.25) is 0 Å². The predicted molar refractivity (Wildman–Crippen MR) is 86.9 cm³/mol. The van der Waals surface area contributed by atoms with Crippen LogP contribution in [0.5, 0.6) is 5.75 Å². The molecule has 2 unspecified atom stereocenters. The standard InChI is InChI=1S/C18H21FN2O/c1-22-16-8-6-13(7-9-16)14-10-15(20)12-21(11-14)18-5-3-2-4-17(18)19/h2-9,14-15H,10-12,20H2,1H3. The van der Waals surface area contributed by atoms with Crippen LogP contribution in [0.4, 0.5) is 10.1 Å². The number of methoxy groups -OCH3 is 1. The zero-order chi connectivity index (χ0) is 15.5. The number of piperidine rings is 1. The number of ether oxygens (including phenoxy) is 1. The molecule has 2 aromatic carbocycles. The molecule has 3 nitrogen and oxygen atoms in total. The summed E-state index contributed by atoms with van der Waals surface area (Å²) >= 11 is 0. The molecule has 0 radical (unpaired) electrons. The summed E-state index contributed by atoms with van der Waals surface area (Å²) in [5.41, 5.74) is 8.06. The number of halogens is 1. The van der Waals surface area contributed by atoms with Crippen LogP contribution in [0.3, 0.4) is 0 Å². The minimum atomic E-state index is -0.190. The molecule has 1 heterocycles. The normalized spacial score (nSPS) is 21.7. The van der Waals surface area contributed by atoms with Gasteiger partial charge in [-0.25, -0.2) is 4.39 Å². The van der Waals surface area contributed by atoms with Gasteiger partial charge in [0, 0.05) is 25.0 Å². The highest BCUT2D eigenvalue weighted by atomic mass is 19.1. The van der Waals surface area contributed by atoms with E-state index in [1.165, 1.54) is 11.6 Å². The lowest BCUT2D eigenvalue weighted by Crippen LogP contribution is -2.46. The Labute approximate surface area is 130 Å². The molecular weight excluding hydrogens is 279 g/mol. The van der Waals surface area contributed by atoms with Gasteiger partial charge in [0.15, 0.2) is 0 Å². The van der Waals surface area contributed by atoms with Crippen molar-refractivity contribution in [2.75, 3.05) is 25.1 Å². The van der Waals surface area contributed by atoms with Gasteiger partial charge >= 0.3 is 0 Å². The van der Waals surface area contributed by atoms with E-state index in [0.29, 0.717) is 18.2 Å². The topological polar surface area (TPSA) is 38.5 Å². The Morgan fingerprint density at radius 2 is 1.82 bits per heavy atom. The van der Waals surface area contributed by atoms with Crippen LogP contribution in [0.1, 0.15) is 17.9 Å². The summed E-state index contributed by atoms with van der Waals surface area (Å²) in [6.07, 6.45) is 0.914. The van der Waals surface area contributed by atoms with Crippen molar-refractivity contribution < 1.29 is 9.13 Å². The summed E-state index contributed by atoms with van der Waals surface area (Å²) < 4.78 is 19.2. The second kappa shape index (κ2) is 6.36. The number of anilines is 1. The van der Waals surface area contributed by atoms with E-state index in [0.717, 1.165) is 18.7 Å². The number of nitrogens with two attached hydrogens (primary N) is 1. The largest absolute Gasteiger partial charge is 0.497 e. The van der Waals surface area contributed by atoms with Gasteiger partial charge in [0.1, 0.15) is 11.6 Å². The number of nitrogens with zero attached hydrogens (tertiary/aromatic N) is 1.